The number of aliphatic carboxylic acids is 1. The van der Waals surface area contributed by atoms with Crippen LogP contribution in [0.3, 0.4) is 0 Å². The van der Waals surface area contributed by atoms with Crippen LogP contribution >= 0.6 is 0 Å². The number of ether oxygens (including phenoxy) is 1. The molecular weight excluding hydrogens is 273 g/mol. The van der Waals surface area contributed by atoms with Crippen molar-refractivity contribution in [3.8, 4) is 5.75 Å². The molecule has 4 nitrogen and oxygen atoms in total. The Morgan fingerprint density at radius 1 is 1.52 bits per heavy atom. The Morgan fingerprint density at radius 3 is 2.76 bits per heavy atom. The summed E-state index contributed by atoms with van der Waals surface area (Å²) in [6.45, 7) is 5.58. The molecule has 1 aromatic carbocycles. The van der Waals surface area contributed by atoms with Crippen LogP contribution in [-0.2, 0) is 11.3 Å². The molecule has 2 rings (SSSR count). The van der Waals surface area contributed by atoms with E-state index >= 15 is 0 Å². The van der Waals surface area contributed by atoms with Crippen LogP contribution in [0.15, 0.2) is 18.2 Å². The number of hydrogen-bond acceptors (Lipinski definition) is 3. The lowest BCUT2D eigenvalue weighted by Crippen LogP contribution is -2.39. The van der Waals surface area contributed by atoms with E-state index in [9.17, 15) is 14.3 Å². The van der Waals surface area contributed by atoms with Gasteiger partial charge in [-0.05, 0) is 37.1 Å². The summed E-state index contributed by atoms with van der Waals surface area (Å²) < 4.78 is 18.6. The van der Waals surface area contributed by atoms with E-state index in [1.54, 1.807) is 13.2 Å². The molecule has 0 spiro atoms. The zero-order valence-electron chi connectivity index (χ0n) is 12.7. The second-order valence-corrected chi connectivity index (χ2v) is 6.03. The smallest absolute Gasteiger partial charge is 0.311 e. The van der Waals surface area contributed by atoms with Gasteiger partial charge in [-0.2, -0.15) is 0 Å². The predicted molar refractivity (Wildman–Crippen MR) is 77.8 cm³/mol. The summed E-state index contributed by atoms with van der Waals surface area (Å²) in [4.78, 5) is 13.7. The molecule has 1 aromatic rings. The van der Waals surface area contributed by atoms with Crippen LogP contribution in [-0.4, -0.2) is 36.2 Å². The fourth-order valence-electron chi connectivity index (χ4n) is 3.05. The first-order chi connectivity index (χ1) is 9.89. The average Bonchev–Trinajstić information content (AvgIpc) is 2.84. The molecule has 0 bridgehead atoms. The highest BCUT2D eigenvalue weighted by molar-refractivity contribution is 5.75. The molecule has 21 heavy (non-hydrogen) atoms. The van der Waals surface area contributed by atoms with Gasteiger partial charge in [-0.25, -0.2) is 4.39 Å². The number of hydrogen-bond donors (Lipinski definition) is 1. The van der Waals surface area contributed by atoms with Gasteiger partial charge in [-0.15, -0.1) is 0 Å². The van der Waals surface area contributed by atoms with E-state index in [0.717, 1.165) is 5.56 Å². The lowest BCUT2D eigenvalue weighted by molar-refractivity contribution is -0.151. The molecule has 1 saturated heterocycles. The zero-order valence-corrected chi connectivity index (χ0v) is 12.7. The van der Waals surface area contributed by atoms with E-state index < -0.39 is 11.4 Å². The van der Waals surface area contributed by atoms with Gasteiger partial charge in [-0.3, -0.25) is 9.69 Å². The summed E-state index contributed by atoms with van der Waals surface area (Å²) in [5.74, 6) is -0.354. The standard InChI is InChI=1S/C16H22FNO3/c1-11(2)16(15(19)20)6-7-18(10-16)9-12-8-13(17)4-5-14(12)21-3/h4-5,8,11H,6-7,9-10H2,1-3H3,(H,19,20). The molecule has 0 saturated carbocycles. The summed E-state index contributed by atoms with van der Waals surface area (Å²) in [5, 5.41) is 9.55. The topological polar surface area (TPSA) is 49.8 Å². The van der Waals surface area contributed by atoms with Crippen molar-refractivity contribution in [2.75, 3.05) is 20.2 Å². The lowest BCUT2D eigenvalue weighted by Gasteiger charge is -2.29. The van der Waals surface area contributed by atoms with E-state index in [1.807, 2.05) is 13.8 Å². The minimum absolute atomic E-state index is 0.0643. The first-order valence-electron chi connectivity index (χ1n) is 7.17. The Kier molecular flexibility index (Phi) is 4.52. The normalized spacial score (nSPS) is 22.7. The minimum atomic E-state index is -0.744. The molecule has 0 radical (unpaired) electrons. The Morgan fingerprint density at radius 2 is 2.24 bits per heavy atom. The summed E-state index contributed by atoms with van der Waals surface area (Å²) in [6.07, 6.45) is 0.623. The van der Waals surface area contributed by atoms with Crippen molar-refractivity contribution in [1.82, 2.24) is 4.90 Å². The SMILES string of the molecule is COc1ccc(F)cc1CN1CCC(C(=O)O)(C(C)C)C1. The molecule has 1 fully saturated rings. The molecule has 1 heterocycles. The first kappa shape index (κ1) is 15.8. The van der Waals surface area contributed by atoms with Crippen LogP contribution in [0.5, 0.6) is 5.75 Å². The number of carboxylic acids is 1. The van der Waals surface area contributed by atoms with E-state index in [1.165, 1.54) is 12.1 Å². The van der Waals surface area contributed by atoms with Gasteiger partial charge in [0.2, 0.25) is 0 Å². The summed E-state index contributed by atoms with van der Waals surface area (Å²) in [5.41, 5.74) is 0.0445. The first-order valence-corrected chi connectivity index (χ1v) is 7.17. The van der Waals surface area contributed by atoms with Crippen LogP contribution in [0.4, 0.5) is 4.39 Å². The third kappa shape index (κ3) is 3.02. The molecule has 116 valence electrons. The molecule has 1 atom stereocenters. The van der Waals surface area contributed by atoms with Crippen LogP contribution < -0.4 is 4.74 Å². The second-order valence-electron chi connectivity index (χ2n) is 6.03. The molecule has 5 heteroatoms. The van der Waals surface area contributed by atoms with Crippen LogP contribution in [0.1, 0.15) is 25.8 Å². The van der Waals surface area contributed by atoms with Crippen molar-refractivity contribution in [2.45, 2.75) is 26.8 Å². The number of rotatable bonds is 5. The van der Waals surface area contributed by atoms with E-state index in [-0.39, 0.29) is 11.7 Å². The lowest BCUT2D eigenvalue weighted by atomic mass is 9.76. The van der Waals surface area contributed by atoms with Gasteiger partial charge in [0.1, 0.15) is 11.6 Å². The van der Waals surface area contributed by atoms with Crippen molar-refractivity contribution in [1.29, 1.82) is 0 Å². The molecule has 0 aliphatic carbocycles. The number of carbonyl (C=O) groups is 1. The maximum atomic E-state index is 13.4. The molecular formula is C16H22FNO3. The van der Waals surface area contributed by atoms with Crippen molar-refractivity contribution in [3.05, 3.63) is 29.6 Å². The average molecular weight is 295 g/mol. The molecule has 1 aliphatic rings. The molecule has 0 aromatic heterocycles. The Balaban J connectivity index is 2.16. The van der Waals surface area contributed by atoms with E-state index in [4.69, 9.17) is 4.74 Å². The number of likely N-dealkylation sites (tertiary alicyclic amines) is 1. The highest BCUT2D eigenvalue weighted by Gasteiger charge is 2.47. The van der Waals surface area contributed by atoms with Crippen molar-refractivity contribution < 1.29 is 19.0 Å². The van der Waals surface area contributed by atoms with Crippen LogP contribution in [0.2, 0.25) is 0 Å². The van der Waals surface area contributed by atoms with E-state index in [0.29, 0.717) is 31.8 Å². The van der Waals surface area contributed by atoms with Gasteiger partial charge in [0.25, 0.3) is 0 Å². The van der Waals surface area contributed by atoms with Crippen LogP contribution in [0, 0.1) is 17.2 Å². The largest absolute Gasteiger partial charge is 0.496 e. The highest BCUT2D eigenvalue weighted by atomic mass is 19.1. The summed E-state index contributed by atoms with van der Waals surface area (Å²) >= 11 is 0. The number of halogens is 1. The highest BCUT2D eigenvalue weighted by Crippen LogP contribution is 2.39. The van der Waals surface area contributed by atoms with Crippen molar-refractivity contribution in [3.63, 3.8) is 0 Å². The molecule has 1 unspecified atom stereocenters. The third-order valence-electron chi connectivity index (χ3n) is 4.55. The second kappa shape index (κ2) is 6.02. The van der Waals surface area contributed by atoms with Crippen molar-refractivity contribution in [2.24, 2.45) is 11.3 Å². The number of methoxy groups -OCH3 is 1. The van der Waals surface area contributed by atoms with Gasteiger partial charge >= 0.3 is 5.97 Å². The van der Waals surface area contributed by atoms with Gasteiger partial charge in [0, 0.05) is 18.7 Å². The van der Waals surface area contributed by atoms with Gasteiger partial charge in [0.15, 0.2) is 0 Å². The monoisotopic (exact) mass is 295 g/mol. The quantitative estimate of drug-likeness (QED) is 0.907. The van der Waals surface area contributed by atoms with Gasteiger partial charge < -0.3 is 9.84 Å². The Labute approximate surface area is 124 Å². The molecule has 1 aliphatic heterocycles. The number of nitrogens with zero attached hydrogens (tertiary/aromatic N) is 1. The van der Waals surface area contributed by atoms with Crippen molar-refractivity contribution >= 4 is 5.97 Å². The predicted octanol–water partition coefficient (Wildman–Crippen LogP) is 2.77. The van der Waals surface area contributed by atoms with Gasteiger partial charge in [-0.1, -0.05) is 13.8 Å². The van der Waals surface area contributed by atoms with Gasteiger partial charge in [0.05, 0.1) is 12.5 Å². The number of benzene rings is 1. The van der Waals surface area contributed by atoms with E-state index in [2.05, 4.69) is 4.90 Å². The molecule has 1 N–H and O–H groups in total. The summed E-state index contributed by atoms with van der Waals surface area (Å²) in [6, 6.07) is 4.42. The third-order valence-corrected chi connectivity index (χ3v) is 4.55. The van der Waals surface area contributed by atoms with Crippen LogP contribution in [0.25, 0.3) is 0 Å². The minimum Gasteiger partial charge on any atom is -0.496 e. The number of carboxylic acid groups (broad SMARTS) is 1. The zero-order chi connectivity index (χ0) is 15.6. The maximum Gasteiger partial charge on any atom is 0.311 e. The Bertz CT molecular complexity index is 532. The Hall–Kier alpha value is -1.62. The summed E-state index contributed by atoms with van der Waals surface area (Å²) in [7, 11) is 1.55. The molecule has 0 amide bonds. The maximum absolute atomic E-state index is 13.4. The fourth-order valence-corrected chi connectivity index (χ4v) is 3.05. The fraction of sp³-hybridized carbons (Fsp3) is 0.562.